The second-order valence-corrected chi connectivity index (χ2v) is 9.36. The molecule has 1 aliphatic rings. The third kappa shape index (κ3) is 3.83. The molecule has 166 valence electrons. The minimum absolute atomic E-state index is 0.0269. The number of para-hydroxylation sites is 1. The van der Waals surface area contributed by atoms with Crippen molar-refractivity contribution in [1.29, 1.82) is 0 Å². The van der Waals surface area contributed by atoms with Crippen LogP contribution in [0.1, 0.15) is 24.6 Å². The molecular formula is C24H23N7OS. The van der Waals surface area contributed by atoms with E-state index < -0.39 is 0 Å². The molecule has 0 saturated carbocycles. The number of aromatic nitrogens is 6. The highest BCUT2D eigenvalue weighted by Gasteiger charge is 2.26. The third-order valence-electron chi connectivity index (χ3n) is 6.38. The number of rotatable bonds is 5. The molecule has 1 saturated heterocycles. The van der Waals surface area contributed by atoms with Crippen LogP contribution in [0.15, 0.2) is 65.7 Å². The van der Waals surface area contributed by atoms with Crippen molar-refractivity contribution in [3.8, 4) is 10.6 Å². The van der Waals surface area contributed by atoms with Crippen LogP contribution in [0.25, 0.3) is 26.4 Å². The van der Waals surface area contributed by atoms with E-state index in [0.29, 0.717) is 17.8 Å². The molecule has 9 heteroatoms. The number of fused-ring (bicyclic) bond motifs is 2. The molecule has 0 spiro atoms. The van der Waals surface area contributed by atoms with E-state index in [2.05, 4.69) is 32.2 Å². The van der Waals surface area contributed by atoms with Crippen molar-refractivity contribution in [2.45, 2.75) is 25.3 Å². The van der Waals surface area contributed by atoms with Gasteiger partial charge in [0.15, 0.2) is 5.82 Å². The molecule has 33 heavy (non-hydrogen) atoms. The zero-order valence-corrected chi connectivity index (χ0v) is 18.9. The first-order valence-corrected chi connectivity index (χ1v) is 12.0. The third-order valence-corrected chi connectivity index (χ3v) is 7.32. The zero-order chi connectivity index (χ0) is 22.2. The lowest BCUT2D eigenvalue weighted by atomic mass is 9.96. The first-order chi connectivity index (χ1) is 16.3. The molecule has 4 heterocycles. The molecule has 0 N–H and O–H groups in total. The van der Waals surface area contributed by atoms with Crippen LogP contribution in [0, 0.1) is 0 Å². The van der Waals surface area contributed by atoms with Crippen molar-refractivity contribution in [2.75, 3.05) is 19.6 Å². The van der Waals surface area contributed by atoms with E-state index in [-0.39, 0.29) is 5.56 Å². The van der Waals surface area contributed by atoms with Crippen LogP contribution in [0.3, 0.4) is 0 Å². The number of likely N-dealkylation sites (tertiary alicyclic amines) is 1. The smallest absolute Gasteiger partial charge is 0.261 e. The monoisotopic (exact) mass is 457 g/mol. The summed E-state index contributed by atoms with van der Waals surface area (Å²) in [5.41, 5.74) is 1.88. The highest BCUT2D eigenvalue weighted by atomic mass is 32.1. The Labute approximate surface area is 194 Å². The fraction of sp³-hybridized carbons (Fsp3) is 0.292. The highest BCUT2D eigenvalue weighted by Crippen LogP contribution is 2.30. The molecule has 8 nitrogen and oxygen atoms in total. The van der Waals surface area contributed by atoms with Gasteiger partial charge in [-0.1, -0.05) is 53.8 Å². The summed E-state index contributed by atoms with van der Waals surface area (Å²) in [6.07, 6.45) is 3.67. The van der Waals surface area contributed by atoms with Gasteiger partial charge in [-0.2, -0.15) is 9.61 Å². The molecule has 0 aliphatic carbocycles. The molecular weight excluding hydrogens is 434 g/mol. The van der Waals surface area contributed by atoms with E-state index in [1.54, 1.807) is 22.2 Å². The average molecular weight is 458 g/mol. The summed E-state index contributed by atoms with van der Waals surface area (Å²) in [5, 5.41) is 15.3. The second-order valence-electron chi connectivity index (χ2n) is 8.40. The molecule has 5 aromatic rings. The zero-order valence-electron chi connectivity index (χ0n) is 18.0. The van der Waals surface area contributed by atoms with Gasteiger partial charge in [-0.05, 0) is 38.1 Å². The Bertz CT molecular complexity index is 1460. The van der Waals surface area contributed by atoms with Crippen molar-refractivity contribution in [3.63, 3.8) is 0 Å². The quantitative estimate of drug-likeness (QED) is 0.402. The second kappa shape index (κ2) is 8.49. The van der Waals surface area contributed by atoms with Gasteiger partial charge in [-0.25, -0.2) is 4.98 Å². The van der Waals surface area contributed by atoms with Crippen LogP contribution in [-0.2, 0) is 6.54 Å². The number of piperidine rings is 1. The Hall–Kier alpha value is -3.43. The van der Waals surface area contributed by atoms with Crippen molar-refractivity contribution in [3.05, 3.63) is 77.1 Å². The summed E-state index contributed by atoms with van der Waals surface area (Å²) in [6, 6.07) is 17.7. The minimum Gasteiger partial charge on any atom is -0.302 e. The van der Waals surface area contributed by atoms with E-state index in [9.17, 15) is 4.79 Å². The van der Waals surface area contributed by atoms with E-state index in [4.69, 9.17) is 5.10 Å². The van der Waals surface area contributed by atoms with Crippen LogP contribution >= 0.6 is 11.3 Å². The predicted octanol–water partition coefficient (Wildman–Crippen LogP) is 3.44. The fourth-order valence-corrected chi connectivity index (χ4v) is 5.37. The van der Waals surface area contributed by atoms with Crippen LogP contribution in [0.5, 0.6) is 0 Å². The SMILES string of the molecule is O=c1c2ccccc2ncn1CCN1CCC(c2nnc3sc(-c4ccccc4)nn23)CC1. The predicted molar refractivity (Wildman–Crippen MR) is 129 cm³/mol. The van der Waals surface area contributed by atoms with Gasteiger partial charge in [0.25, 0.3) is 5.56 Å². The molecule has 0 amide bonds. The van der Waals surface area contributed by atoms with Crippen LogP contribution in [0.2, 0.25) is 0 Å². The van der Waals surface area contributed by atoms with Crippen molar-refractivity contribution in [2.24, 2.45) is 0 Å². The van der Waals surface area contributed by atoms with Crippen LogP contribution in [-0.4, -0.2) is 53.9 Å². The molecule has 0 unspecified atom stereocenters. The number of hydrogen-bond acceptors (Lipinski definition) is 7. The summed E-state index contributed by atoms with van der Waals surface area (Å²) in [6.45, 7) is 3.40. The van der Waals surface area contributed by atoms with Gasteiger partial charge in [0.1, 0.15) is 5.01 Å². The van der Waals surface area contributed by atoms with E-state index in [0.717, 1.165) is 59.3 Å². The van der Waals surface area contributed by atoms with Crippen LogP contribution in [0.4, 0.5) is 0 Å². The van der Waals surface area contributed by atoms with Gasteiger partial charge >= 0.3 is 0 Å². The maximum atomic E-state index is 12.7. The average Bonchev–Trinajstić information content (AvgIpc) is 3.46. The molecule has 2 aromatic carbocycles. The van der Waals surface area contributed by atoms with Gasteiger partial charge in [-0.3, -0.25) is 9.36 Å². The maximum absolute atomic E-state index is 12.7. The Morgan fingerprint density at radius 3 is 2.58 bits per heavy atom. The van der Waals surface area contributed by atoms with Crippen molar-refractivity contribution >= 4 is 27.2 Å². The van der Waals surface area contributed by atoms with E-state index >= 15 is 0 Å². The van der Waals surface area contributed by atoms with Gasteiger partial charge in [-0.15, -0.1) is 10.2 Å². The van der Waals surface area contributed by atoms with Gasteiger partial charge in [0, 0.05) is 24.6 Å². The van der Waals surface area contributed by atoms with Gasteiger partial charge in [0.05, 0.1) is 17.2 Å². The lowest BCUT2D eigenvalue weighted by Gasteiger charge is -2.30. The highest BCUT2D eigenvalue weighted by molar-refractivity contribution is 7.19. The molecule has 0 bridgehead atoms. The topological polar surface area (TPSA) is 81.2 Å². The molecule has 6 rings (SSSR count). The number of hydrogen-bond donors (Lipinski definition) is 0. The molecule has 0 atom stereocenters. The first kappa shape index (κ1) is 20.2. The van der Waals surface area contributed by atoms with Crippen LogP contribution < -0.4 is 5.56 Å². The van der Waals surface area contributed by atoms with Crippen molar-refractivity contribution in [1.82, 2.24) is 34.3 Å². The Balaban J connectivity index is 1.12. The van der Waals surface area contributed by atoms with Gasteiger partial charge in [0.2, 0.25) is 4.96 Å². The number of nitrogens with zero attached hydrogens (tertiary/aromatic N) is 7. The fourth-order valence-electron chi connectivity index (χ4n) is 4.51. The Kier molecular flexibility index (Phi) is 5.20. The summed E-state index contributed by atoms with van der Waals surface area (Å²) in [4.78, 5) is 20.4. The summed E-state index contributed by atoms with van der Waals surface area (Å²) in [7, 11) is 0. The standard InChI is InChI=1S/C24H23N7OS/c32-23-19-8-4-5-9-20(19)25-16-30(23)15-14-29-12-10-17(11-13-29)21-26-27-24-31(21)28-22(33-24)18-6-2-1-3-7-18/h1-9,16-17H,10-15H2. The Morgan fingerprint density at radius 1 is 0.939 bits per heavy atom. The van der Waals surface area contributed by atoms with Crippen molar-refractivity contribution < 1.29 is 0 Å². The Morgan fingerprint density at radius 2 is 1.73 bits per heavy atom. The minimum atomic E-state index is 0.0269. The maximum Gasteiger partial charge on any atom is 0.261 e. The molecule has 3 aromatic heterocycles. The van der Waals surface area contributed by atoms with E-state index in [1.807, 2.05) is 47.0 Å². The van der Waals surface area contributed by atoms with Gasteiger partial charge < -0.3 is 4.90 Å². The summed E-state index contributed by atoms with van der Waals surface area (Å²) >= 11 is 1.57. The summed E-state index contributed by atoms with van der Waals surface area (Å²) < 4.78 is 3.64. The first-order valence-electron chi connectivity index (χ1n) is 11.2. The number of benzene rings is 2. The molecule has 0 radical (unpaired) electrons. The largest absolute Gasteiger partial charge is 0.302 e. The molecule has 1 fully saturated rings. The lowest BCUT2D eigenvalue weighted by molar-refractivity contribution is 0.201. The summed E-state index contributed by atoms with van der Waals surface area (Å²) in [5.74, 6) is 1.30. The lowest BCUT2D eigenvalue weighted by Crippen LogP contribution is -2.37. The van der Waals surface area contributed by atoms with E-state index in [1.165, 1.54) is 0 Å². The molecule has 1 aliphatic heterocycles. The normalized spacial score (nSPS) is 15.5.